The van der Waals surface area contributed by atoms with Gasteiger partial charge < -0.3 is 10.1 Å². The Morgan fingerprint density at radius 3 is 2.66 bits per heavy atom. The summed E-state index contributed by atoms with van der Waals surface area (Å²) in [4.78, 5) is 11.9. The maximum Gasteiger partial charge on any atom is 0.272 e. The van der Waals surface area contributed by atoms with E-state index in [2.05, 4.69) is 10.0 Å². The third-order valence-corrected chi connectivity index (χ3v) is 5.76. The lowest BCUT2D eigenvalue weighted by molar-refractivity contribution is 0.0821. The van der Waals surface area contributed by atoms with Gasteiger partial charge >= 0.3 is 0 Å². The number of hydrogen-bond donors (Lipinski definition) is 2. The van der Waals surface area contributed by atoms with Gasteiger partial charge in [-0.3, -0.25) is 9.52 Å². The zero-order valence-corrected chi connectivity index (χ0v) is 15.4. The Morgan fingerprint density at radius 1 is 1.10 bits per heavy atom. The van der Waals surface area contributed by atoms with Crippen molar-refractivity contribution < 1.29 is 31.1 Å². The molecule has 3 aromatic carbocycles. The number of benzene rings is 3. The largest absolute Gasteiger partial charge is 0.485 e. The molecular formula is C19H13F3N2O4S. The van der Waals surface area contributed by atoms with Gasteiger partial charge in [-0.1, -0.05) is 12.1 Å². The summed E-state index contributed by atoms with van der Waals surface area (Å²) in [5, 5.41) is 3.43. The van der Waals surface area contributed by atoms with Crippen molar-refractivity contribution in [2.75, 3.05) is 16.6 Å². The Balaban J connectivity index is 1.77. The molecule has 150 valence electrons. The molecule has 1 aliphatic rings. The fraction of sp³-hybridized carbons (Fsp3) is 0.105. The van der Waals surface area contributed by atoms with E-state index < -0.39 is 28.9 Å². The second-order valence-corrected chi connectivity index (χ2v) is 7.89. The van der Waals surface area contributed by atoms with Crippen molar-refractivity contribution >= 4 is 38.1 Å². The zero-order valence-electron chi connectivity index (χ0n) is 14.6. The van der Waals surface area contributed by atoms with Crippen LogP contribution in [-0.4, -0.2) is 27.4 Å². The molecule has 0 spiro atoms. The minimum Gasteiger partial charge on any atom is -0.485 e. The Labute approximate surface area is 163 Å². The number of carbonyl (C=O) groups is 1. The third-order valence-electron chi connectivity index (χ3n) is 4.34. The van der Waals surface area contributed by atoms with Crippen molar-refractivity contribution in [1.29, 1.82) is 0 Å². The molecule has 0 unspecified atom stereocenters. The smallest absolute Gasteiger partial charge is 0.272 e. The molecule has 29 heavy (non-hydrogen) atoms. The first-order valence-corrected chi connectivity index (χ1v) is 9.85. The van der Waals surface area contributed by atoms with Crippen LogP contribution in [0.25, 0.3) is 10.8 Å². The molecule has 0 aliphatic carbocycles. The quantitative estimate of drug-likeness (QED) is 0.629. The SMILES string of the molecule is O=C1Nc2ccc(S(=O)(=O)Nc3ccc(F)cc3OCC(F)F)c3cccc1c23. The summed E-state index contributed by atoms with van der Waals surface area (Å²) in [7, 11) is -4.22. The molecule has 10 heteroatoms. The van der Waals surface area contributed by atoms with E-state index in [-0.39, 0.29) is 22.2 Å². The van der Waals surface area contributed by atoms with Crippen molar-refractivity contribution in [3.63, 3.8) is 0 Å². The highest BCUT2D eigenvalue weighted by Gasteiger charge is 2.27. The maximum atomic E-state index is 13.5. The zero-order chi connectivity index (χ0) is 20.8. The summed E-state index contributed by atoms with van der Waals surface area (Å²) in [6, 6.07) is 10.3. The second-order valence-electron chi connectivity index (χ2n) is 6.24. The van der Waals surface area contributed by atoms with Crippen molar-refractivity contribution in [2.24, 2.45) is 0 Å². The number of sulfonamides is 1. The number of anilines is 2. The van der Waals surface area contributed by atoms with Gasteiger partial charge in [-0.05, 0) is 30.3 Å². The lowest BCUT2D eigenvalue weighted by atomic mass is 10.1. The highest BCUT2D eigenvalue weighted by Crippen LogP contribution is 2.37. The summed E-state index contributed by atoms with van der Waals surface area (Å²) in [5.74, 6) is -1.47. The van der Waals surface area contributed by atoms with Gasteiger partial charge in [-0.25, -0.2) is 21.6 Å². The molecule has 3 aromatic rings. The van der Waals surface area contributed by atoms with E-state index in [0.717, 1.165) is 18.2 Å². The van der Waals surface area contributed by atoms with Crippen LogP contribution in [0.15, 0.2) is 53.4 Å². The Hall–Kier alpha value is -3.27. The Bertz CT molecular complexity index is 1250. The summed E-state index contributed by atoms with van der Waals surface area (Å²) in [5.41, 5.74) is 0.643. The lowest BCUT2D eigenvalue weighted by Crippen LogP contribution is -2.15. The van der Waals surface area contributed by atoms with Crippen molar-refractivity contribution in [3.8, 4) is 5.75 Å². The number of halogens is 3. The van der Waals surface area contributed by atoms with Crippen molar-refractivity contribution in [2.45, 2.75) is 11.3 Å². The van der Waals surface area contributed by atoms with Crippen LogP contribution < -0.4 is 14.8 Å². The number of hydrogen-bond acceptors (Lipinski definition) is 4. The summed E-state index contributed by atoms with van der Waals surface area (Å²) < 4.78 is 71.5. The summed E-state index contributed by atoms with van der Waals surface area (Å²) in [6.45, 7) is -1.02. The molecule has 1 aliphatic heterocycles. The van der Waals surface area contributed by atoms with Gasteiger partial charge in [0.25, 0.3) is 22.4 Å². The van der Waals surface area contributed by atoms with E-state index in [1.807, 2.05) is 0 Å². The molecule has 1 amide bonds. The predicted octanol–water partition coefficient (Wildman–Crippen LogP) is 3.99. The van der Waals surface area contributed by atoms with Crippen LogP contribution in [0.2, 0.25) is 0 Å². The first kappa shape index (κ1) is 19.1. The van der Waals surface area contributed by atoms with Gasteiger partial charge in [0.2, 0.25) is 0 Å². The van der Waals surface area contributed by atoms with E-state index in [4.69, 9.17) is 4.74 Å². The average molecular weight is 422 g/mol. The standard InChI is InChI=1S/C19H13F3N2O4S/c20-10-4-5-13(15(8-10)28-9-17(21)22)24-29(26,27)16-7-6-14-18-11(16)2-1-3-12(18)19(25)23-14/h1-8,17,24H,9H2,(H,23,25). The normalized spacial score (nSPS) is 13.0. The molecule has 0 atom stereocenters. The monoisotopic (exact) mass is 422 g/mol. The van der Waals surface area contributed by atoms with Crippen LogP contribution in [0.4, 0.5) is 24.5 Å². The van der Waals surface area contributed by atoms with Gasteiger partial charge in [0.05, 0.1) is 10.6 Å². The van der Waals surface area contributed by atoms with Gasteiger partial charge in [0.1, 0.15) is 18.2 Å². The molecule has 0 radical (unpaired) electrons. The predicted molar refractivity (Wildman–Crippen MR) is 101 cm³/mol. The summed E-state index contributed by atoms with van der Waals surface area (Å²) >= 11 is 0. The average Bonchev–Trinajstić information content (AvgIpc) is 2.99. The molecule has 4 rings (SSSR count). The number of rotatable bonds is 6. The van der Waals surface area contributed by atoms with Crippen LogP contribution in [-0.2, 0) is 10.0 Å². The van der Waals surface area contributed by atoms with E-state index >= 15 is 0 Å². The Kier molecular flexibility index (Phi) is 4.58. The number of carbonyl (C=O) groups excluding carboxylic acids is 1. The number of alkyl halides is 2. The van der Waals surface area contributed by atoms with E-state index in [0.29, 0.717) is 22.0 Å². The maximum absolute atomic E-state index is 13.5. The molecule has 1 heterocycles. The topological polar surface area (TPSA) is 84.5 Å². The molecule has 0 bridgehead atoms. The molecule has 0 saturated heterocycles. The minimum atomic E-state index is -4.22. The van der Waals surface area contributed by atoms with E-state index in [9.17, 15) is 26.4 Å². The molecule has 2 N–H and O–H groups in total. The lowest BCUT2D eigenvalue weighted by Gasteiger charge is -2.15. The van der Waals surface area contributed by atoms with Crippen LogP contribution in [0.3, 0.4) is 0 Å². The third kappa shape index (κ3) is 3.46. The van der Waals surface area contributed by atoms with E-state index in [1.54, 1.807) is 18.2 Å². The molecule has 0 aromatic heterocycles. The van der Waals surface area contributed by atoms with Gasteiger partial charge in [-0.2, -0.15) is 0 Å². The van der Waals surface area contributed by atoms with Crippen molar-refractivity contribution in [3.05, 3.63) is 59.9 Å². The minimum absolute atomic E-state index is 0.126. The molecule has 0 fully saturated rings. The fourth-order valence-electron chi connectivity index (χ4n) is 3.15. The van der Waals surface area contributed by atoms with Crippen LogP contribution in [0, 0.1) is 5.82 Å². The van der Waals surface area contributed by atoms with Gasteiger partial charge in [0, 0.05) is 28.1 Å². The summed E-state index contributed by atoms with van der Waals surface area (Å²) in [6.07, 6.45) is -2.82. The molecule has 0 saturated carbocycles. The van der Waals surface area contributed by atoms with Gasteiger partial charge in [-0.15, -0.1) is 0 Å². The Morgan fingerprint density at radius 2 is 1.90 bits per heavy atom. The van der Waals surface area contributed by atoms with Crippen LogP contribution in [0.5, 0.6) is 5.75 Å². The first-order valence-electron chi connectivity index (χ1n) is 8.36. The van der Waals surface area contributed by atoms with Crippen LogP contribution in [0.1, 0.15) is 10.4 Å². The molecule has 6 nitrogen and oxygen atoms in total. The highest BCUT2D eigenvalue weighted by molar-refractivity contribution is 7.93. The van der Waals surface area contributed by atoms with Crippen molar-refractivity contribution in [1.82, 2.24) is 0 Å². The number of amides is 1. The molecular weight excluding hydrogens is 409 g/mol. The number of nitrogens with one attached hydrogen (secondary N) is 2. The fourth-order valence-corrected chi connectivity index (χ4v) is 4.42. The first-order chi connectivity index (χ1) is 13.8. The number of ether oxygens (including phenoxy) is 1. The van der Waals surface area contributed by atoms with Crippen LogP contribution >= 0.6 is 0 Å². The highest BCUT2D eigenvalue weighted by atomic mass is 32.2. The second kappa shape index (κ2) is 6.96. The van der Waals surface area contributed by atoms with Gasteiger partial charge in [0.15, 0.2) is 0 Å². The van der Waals surface area contributed by atoms with E-state index in [1.165, 1.54) is 12.1 Å².